The summed E-state index contributed by atoms with van der Waals surface area (Å²) in [6.45, 7) is 0.716. The van der Waals surface area contributed by atoms with Crippen LogP contribution in [0.5, 0.6) is 0 Å². The molecule has 1 amide bonds. The number of amides is 1. The third kappa shape index (κ3) is 3.36. The van der Waals surface area contributed by atoms with Crippen molar-refractivity contribution in [3.05, 3.63) is 42.0 Å². The SMILES string of the molecule is O=C1C[C@]2(CCC[C@H](Cc3nc(-c4c[nH]c5ncc(F)cc45)ncc3F)C2)CN1. The van der Waals surface area contributed by atoms with E-state index in [1.807, 2.05) is 0 Å². The van der Waals surface area contributed by atoms with Gasteiger partial charge in [-0.25, -0.2) is 23.7 Å². The zero-order chi connectivity index (χ0) is 20.0. The Balaban J connectivity index is 1.42. The number of hydrogen-bond acceptors (Lipinski definition) is 4. The number of carbonyl (C=O) groups is 1. The molecule has 2 fully saturated rings. The molecule has 1 aliphatic heterocycles. The first-order chi connectivity index (χ1) is 14.0. The maximum atomic E-state index is 14.5. The van der Waals surface area contributed by atoms with E-state index in [0.29, 0.717) is 47.5 Å². The van der Waals surface area contributed by atoms with E-state index in [4.69, 9.17) is 0 Å². The number of aromatic nitrogens is 4. The van der Waals surface area contributed by atoms with Crippen LogP contribution in [-0.2, 0) is 11.2 Å². The maximum Gasteiger partial charge on any atom is 0.220 e. The zero-order valence-electron chi connectivity index (χ0n) is 15.8. The Morgan fingerprint density at radius 2 is 2.14 bits per heavy atom. The summed E-state index contributed by atoms with van der Waals surface area (Å²) >= 11 is 0. The molecule has 1 aliphatic carbocycles. The first-order valence-corrected chi connectivity index (χ1v) is 9.92. The van der Waals surface area contributed by atoms with Crippen molar-refractivity contribution in [2.45, 2.75) is 38.5 Å². The monoisotopic (exact) mass is 397 g/mol. The fourth-order valence-electron chi connectivity index (χ4n) is 4.94. The predicted octanol–water partition coefficient (Wildman–Crippen LogP) is 3.54. The Morgan fingerprint density at radius 3 is 2.97 bits per heavy atom. The highest BCUT2D eigenvalue weighted by Crippen LogP contribution is 2.45. The predicted molar refractivity (Wildman–Crippen MR) is 103 cm³/mol. The van der Waals surface area contributed by atoms with Crippen LogP contribution in [-0.4, -0.2) is 32.4 Å². The molecule has 0 aromatic carbocycles. The van der Waals surface area contributed by atoms with E-state index in [0.717, 1.165) is 31.9 Å². The van der Waals surface area contributed by atoms with Gasteiger partial charge in [0.05, 0.1) is 18.1 Å². The van der Waals surface area contributed by atoms with E-state index in [1.165, 1.54) is 12.3 Å². The summed E-state index contributed by atoms with van der Waals surface area (Å²) in [4.78, 5) is 27.3. The Hall–Kier alpha value is -2.90. The highest BCUT2D eigenvalue weighted by atomic mass is 19.1. The fraction of sp³-hybridized carbons (Fsp3) is 0.429. The van der Waals surface area contributed by atoms with Crippen LogP contribution in [0.4, 0.5) is 8.78 Å². The molecule has 1 saturated carbocycles. The van der Waals surface area contributed by atoms with Crippen molar-refractivity contribution >= 4 is 16.9 Å². The lowest BCUT2D eigenvalue weighted by molar-refractivity contribution is -0.119. The van der Waals surface area contributed by atoms with Crippen molar-refractivity contribution in [1.82, 2.24) is 25.3 Å². The summed E-state index contributed by atoms with van der Waals surface area (Å²) in [5, 5.41) is 3.51. The Morgan fingerprint density at radius 1 is 1.24 bits per heavy atom. The van der Waals surface area contributed by atoms with Gasteiger partial charge in [0.2, 0.25) is 5.91 Å². The standard InChI is InChI=1S/C21H21F2N5O/c22-13-5-14-15(9-25-19(14)24-8-13)20-26-10-16(23)17(28-20)4-12-2-1-3-21(6-12)7-18(29)27-11-21/h5,8-10,12H,1-4,6-7,11H2,(H,24,25)(H,27,29)/t12-,21-/m1/s1. The van der Waals surface area contributed by atoms with Crippen molar-refractivity contribution in [2.24, 2.45) is 11.3 Å². The molecule has 0 bridgehead atoms. The summed E-state index contributed by atoms with van der Waals surface area (Å²) in [6, 6.07) is 1.37. The van der Waals surface area contributed by atoms with Gasteiger partial charge in [0.15, 0.2) is 11.6 Å². The maximum absolute atomic E-state index is 14.5. The second kappa shape index (κ2) is 6.86. The number of H-pyrrole nitrogens is 1. The highest BCUT2D eigenvalue weighted by molar-refractivity contribution is 5.91. The number of nitrogens with one attached hydrogen (secondary N) is 2. The molecule has 2 N–H and O–H groups in total. The van der Waals surface area contributed by atoms with Gasteiger partial charge in [0, 0.05) is 30.1 Å². The van der Waals surface area contributed by atoms with E-state index in [2.05, 4.69) is 25.3 Å². The molecular formula is C21H21F2N5O. The second-order valence-corrected chi connectivity index (χ2v) is 8.36. The summed E-state index contributed by atoms with van der Waals surface area (Å²) in [7, 11) is 0. The molecule has 1 saturated heterocycles. The highest BCUT2D eigenvalue weighted by Gasteiger charge is 2.42. The molecule has 1 spiro atoms. The normalized spacial score (nSPS) is 24.3. The third-order valence-corrected chi connectivity index (χ3v) is 6.27. The minimum Gasteiger partial charge on any atom is -0.356 e. The second-order valence-electron chi connectivity index (χ2n) is 8.36. The summed E-state index contributed by atoms with van der Waals surface area (Å²) < 4.78 is 28.1. The lowest BCUT2D eigenvalue weighted by Crippen LogP contribution is -2.31. The molecule has 8 heteroatoms. The number of hydrogen-bond donors (Lipinski definition) is 2. The van der Waals surface area contributed by atoms with Crippen molar-refractivity contribution in [3.63, 3.8) is 0 Å². The molecule has 6 nitrogen and oxygen atoms in total. The van der Waals surface area contributed by atoms with Gasteiger partial charge in [-0.2, -0.15) is 0 Å². The largest absolute Gasteiger partial charge is 0.356 e. The average Bonchev–Trinajstić information content (AvgIpc) is 3.27. The molecule has 2 atom stereocenters. The van der Waals surface area contributed by atoms with Crippen LogP contribution in [0.1, 0.15) is 37.8 Å². The number of rotatable bonds is 3. The minimum absolute atomic E-state index is 0.00632. The minimum atomic E-state index is -0.451. The lowest BCUT2D eigenvalue weighted by atomic mass is 9.68. The molecule has 3 aromatic rings. The first kappa shape index (κ1) is 18.1. The van der Waals surface area contributed by atoms with Crippen LogP contribution >= 0.6 is 0 Å². The summed E-state index contributed by atoms with van der Waals surface area (Å²) in [5.41, 5.74) is 1.50. The molecule has 0 radical (unpaired) electrons. The molecule has 29 heavy (non-hydrogen) atoms. The Bertz CT molecular complexity index is 1100. The number of nitrogens with zero attached hydrogens (tertiary/aromatic N) is 3. The van der Waals surface area contributed by atoms with Gasteiger partial charge in [-0.05, 0) is 36.7 Å². The van der Waals surface area contributed by atoms with E-state index >= 15 is 0 Å². The van der Waals surface area contributed by atoms with Crippen LogP contribution < -0.4 is 5.32 Å². The fourth-order valence-corrected chi connectivity index (χ4v) is 4.94. The van der Waals surface area contributed by atoms with Gasteiger partial charge in [-0.1, -0.05) is 12.8 Å². The van der Waals surface area contributed by atoms with Crippen LogP contribution in [0, 0.1) is 23.0 Å². The van der Waals surface area contributed by atoms with E-state index in [1.54, 1.807) is 6.20 Å². The average molecular weight is 397 g/mol. The van der Waals surface area contributed by atoms with E-state index in [9.17, 15) is 13.6 Å². The van der Waals surface area contributed by atoms with Gasteiger partial charge < -0.3 is 10.3 Å². The van der Waals surface area contributed by atoms with Gasteiger partial charge in [-0.15, -0.1) is 0 Å². The number of pyridine rings is 1. The molecule has 4 heterocycles. The summed E-state index contributed by atoms with van der Waals surface area (Å²) in [5.74, 6) is -0.147. The zero-order valence-corrected chi connectivity index (χ0v) is 15.8. The molecule has 3 aromatic heterocycles. The topological polar surface area (TPSA) is 83.6 Å². The Kier molecular flexibility index (Phi) is 4.29. The van der Waals surface area contributed by atoms with Crippen LogP contribution in [0.15, 0.2) is 24.7 Å². The van der Waals surface area contributed by atoms with Crippen LogP contribution in [0.2, 0.25) is 0 Å². The van der Waals surface area contributed by atoms with Crippen LogP contribution in [0.25, 0.3) is 22.4 Å². The quantitative estimate of drug-likeness (QED) is 0.708. The van der Waals surface area contributed by atoms with Gasteiger partial charge in [0.25, 0.3) is 0 Å². The number of aromatic amines is 1. The van der Waals surface area contributed by atoms with Gasteiger partial charge in [-0.3, -0.25) is 4.79 Å². The first-order valence-electron chi connectivity index (χ1n) is 9.92. The van der Waals surface area contributed by atoms with Crippen LogP contribution in [0.3, 0.4) is 0 Å². The number of carbonyl (C=O) groups excluding carboxylic acids is 1. The van der Waals surface area contributed by atoms with Crippen molar-refractivity contribution < 1.29 is 13.6 Å². The van der Waals surface area contributed by atoms with Crippen molar-refractivity contribution in [1.29, 1.82) is 0 Å². The van der Waals surface area contributed by atoms with Crippen molar-refractivity contribution in [2.75, 3.05) is 6.54 Å². The van der Waals surface area contributed by atoms with E-state index < -0.39 is 11.6 Å². The number of halogens is 2. The summed E-state index contributed by atoms with van der Waals surface area (Å²) in [6.07, 6.45) is 9.02. The van der Waals surface area contributed by atoms with Gasteiger partial charge in [0.1, 0.15) is 11.5 Å². The Labute approximate surface area is 166 Å². The molecular weight excluding hydrogens is 376 g/mol. The smallest absolute Gasteiger partial charge is 0.220 e. The molecule has 5 rings (SSSR count). The van der Waals surface area contributed by atoms with Gasteiger partial charge >= 0.3 is 0 Å². The van der Waals surface area contributed by atoms with Crippen molar-refractivity contribution in [3.8, 4) is 11.4 Å². The molecule has 0 unspecified atom stereocenters. The van der Waals surface area contributed by atoms with E-state index in [-0.39, 0.29) is 17.2 Å². The number of fused-ring (bicyclic) bond motifs is 1. The molecule has 150 valence electrons. The third-order valence-electron chi connectivity index (χ3n) is 6.27. The molecule has 2 aliphatic rings. The lowest BCUT2D eigenvalue weighted by Gasteiger charge is -2.36.